The maximum Gasteiger partial charge on any atom is 0.282 e. The van der Waals surface area contributed by atoms with Crippen molar-refractivity contribution in [3.05, 3.63) is 28.2 Å². The second-order valence-electron chi connectivity index (χ2n) is 6.02. The van der Waals surface area contributed by atoms with Crippen molar-refractivity contribution in [1.29, 1.82) is 0 Å². The summed E-state index contributed by atoms with van der Waals surface area (Å²) in [6, 6.07) is 3.58. The van der Waals surface area contributed by atoms with Gasteiger partial charge >= 0.3 is 0 Å². The molecule has 25 heavy (non-hydrogen) atoms. The summed E-state index contributed by atoms with van der Waals surface area (Å²) >= 11 is 0. The molecule has 1 aromatic carbocycles. The molecule has 1 aromatic heterocycles. The first-order chi connectivity index (χ1) is 12.0. The molecule has 0 aliphatic carbocycles. The Morgan fingerprint density at radius 3 is 2.72 bits per heavy atom. The van der Waals surface area contributed by atoms with E-state index >= 15 is 0 Å². The Bertz CT molecular complexity index is 856. The highest BCUT2D eigenvalue weighted by Gasteiger charge is 2.20. The summed E-state index contributed by atoms with van der Waals surface area (Å²) in [7, 11) is 4.65. The second-order valence-corrected chi connectivity index (χ2v) is 6.02. The molecule has 0 spiro atoms. The Labute approximate surface area is 145 Å². The van der Waals surface area contributed by atoms with Gasteiger partial charge in [-0.05, 0) is 19.4 Å². The molecular weight excluding hydrogens is 324 g/mol. The van der Waals surface area contributed by atoms with Crippen molar-refractivity contribution in [1.82, 2.24) is 20.2 Å². The fraction of sp³-hybridized carbons (Fsp3) is 0.471. The number of hydrogen-bond donors (Lipinski definition) is 2. The number of nitrogens with zero attached hydrogens (tertiary/aromatic N) is 2. The number of hydrogen-bond acceptors (Lipinski definition) is 6. The summed E-state index contributed by atoms with van der Waals surface area (Å²) in [6.07, 6.45) is 2.11. The number of fused-ring (bicyclic) bond motifs is 1. The molecule has 3 rings (SSSR count). The third-order valence-electron chi connectivity index (χ3n) is 4.47. The van der Waals surface area contributed by atoms with E-state index in [2.05, 4.69) is 15.6 Å². The number of ether oxygens (including phenoxy) is 2. The number of carbonyl (C=O) groups excluding carboxylic acids is 1. The van der Waals surface area contributed by atoms with Gasteiger partial charge in [0.15, 0.2) is 17.2 Å². The topological polar surface area (TPSA) is 94.5 Å². The number of nitrogens with one attached hydrogen (secondary N) is 2. The molecule has 8 heteroatoms. The zero-order valence-electron chi connectivity index (χ0n) is 14.6. The molecule has 0 unspecified atom stereocenters. The molecular formula is C17H22N4O4. The van der Waals surface area contributed by atoms with Gasteiger partial charge in [0.1, 0.15) is 0 Å². The minimum Gasteiger partial charge on any atom is -0.493 e. The van der Waals surface area contributed by atoms with Crippen LogP contribution in [-0.2, 0) is 7.05 Å². The Balaban J connectivity index is 1.96. The third-order valence-corrected chi connectivity index (χ3v) is 4.47. The monoisotopic (exact) mass is 346 g/mol. The van der Waals surface area contributed by atoms with E-state index in [4.69, 9.17) is 9.47 Å². The fourth-order valence-corrected chi connectivity index (χ4v) is 3.03. The van der Waals surface area contributed by atoms with Gasteiger partial charge in [0.25, 0.3) is 11.5 Å². The van der Waals surface area contributed by atoms with Crippen LogP contribution in [0.5, 0.6) is 11.5 Å². The molecule has 8 nitrogen and oxygen atoms in total. The number of carbonyl (C=O) groups is 1. The zero-order valence-corrected chi connectivity index (χ0v) is 14.6. The summed E-state index contributed by atoms with van der Waals surface area (Å²) in [5.41, 5.74) is 0.484. The van der Waals surface area contributed by atoms with Crippen LogP contribution < -0.4 is 25.7 Å². The van der Waals surface area contributed by atoms with Crippen molar-refractivity contribution in [2.24, 2.45) is 7.05 Å². The van der Waals surface area contributed by atoms with Crippen LogP contribution in [0, 0.1) is 0 Å². The molecule has 0 radical (unpaired) electrons. The van der Waals surface area contributed by atoms with Crippen LogP contribution in [0.3, 0.4) is 0 Å². The lowest BCUT2D eigenvalue weighted by Gasteiger charge is -2.13. The number of methoxy groups -OCH3 is 2. The fourth-order valence-electron chi connectivity index (χ4n) is 3.03. The van der Waals surface area contributed by atoms with E-state index in [1.165, 1.54) is 18.8 Å². The van der Waals surface area contributed by atoms with Crippen molar-refractivity contribution in [2.75, 3.05) is 27.3 Å². The maximum absolute atomic E-state index is 12.5. The summed E-state index contributed by atoms with van der Waals surface area (Å²) in [6.45, 7) is 1.44. The first kappa shape index (κ1) is 17.2. The number of aryl methyl sites for hydroxylation is 1. The largest absolute Gasteiger partial charge is 0.493 e. The van der Waals surface area contributed by atoms with Crippen LogP contribution in [0.25, 0.3) is 11.0 Å². The van der Waals surface area contributed by atoms with Crippen molar-refractivity contribution in [2.45, 2.75) is 18.9 Å². The number of benzene rings is 1. The van der Waals surface area contributed by atoms with Gasteiger partial charge in [-0.2, -0.15) is 0 Å². The van der Waals surface area contributed by atoms with Gasteiger partial charge in [-0.15, -0.1) is 0 Å². The number of amides is 1. The van der Waals surface area contributed by atoms with Crippen molar-refractivity contribution >= 4 is 16.9 Å². The van der Waals surface area contributed by atoms with Crippen LogP contribution in [0.15, 0.2) is 16.9 Å². The average Bonchev–Trinajstić information content (AvgIpc) is 3.15. The van der Waals surface area contributed by atoms with Crippen molar-refractivity contribution in [3.8, 4) is 11.5 Å². The van der Waals surface area contributed by atoms with Gasteiger partial charge in [-0.25, -0.2) is 4.98 Å². The second kappa shape index (κ2) is 7.10. The van der Waals surface area contributed by atoms with Gasteiger partial charge in [-0.1, -0.05) is 0 Å². The molecule has 1 amide bonds. The predicted molar refractivity (Wildman–Crippen MR) is 93.4 cm³/mol. The van der Waals surface area contributed by atoms with E-state index in [1.807, 2.05) is 0 Å². The van der Waals surface area contributed by atoms with Crippen LogP contribution >= 0.6 is 0 Å². The van der Waals surface area contributed by atoms with E-state index in [9.17, 15) is 9.59 Å². The Hall–Kier alpha value is -2.61. The summed E-state index contributed by atoms with van der Waals surface area (Å²) in [5.74, 6) is 0.518. The minimum absolute atomic E-state index is 0.125. The predicted octanol–water partition coefficient (Wildman–Crippen LogP) is 0.432. The van der Waals surface area contributed by atoms with Gasteiger partial charge in [0.2, 0.25) is 0 Å². The first-order valence-corrected chi connectivity index (χ1v) is 8.19. The SMILES string of the molecule is COc1cc2nc(C(=O)NC[C@@H]3CCCN3)c(=O)n(C)c2cc1OC. The molecule has 2 N–H and O–H groups in total. The Morgan fingerprint density at radius 2 is 2.08 bits per heavy atom. The lowest BCUT2D eigenvalue weighted by atomic mass is 10.2. The van der Waals surface area contributed by atoms with Gasteiger partial charge in [-0.3, -0.25) is 9.59 Å². The summed E-state index contributed by atoms with van der Waals surface area (Å²) < 4.78 is 11.9. The van der Waals surface area contributed by atoms with Crippen LogP contribution in [0.1, 0.15) is 23.3 Å². The molecule has 1 saturated heterocycles. The standard InChI is InChI=1S/C17H22N4O4/c1-21-12-8-14(25-3)13(24-2)7-11(12)20-15(17(21)23)16(22)19-9-10-5-4-6-18-10/h7-8,10,18H,4-6,9H2,1-3H3,(H,19,22)/t10-/m0/s1. The van der Waals surface area contributed by atoms with E-state index in [1.54, 1.807) is 19.2 Å². The minimum atomic E-state index is -0.467. The third kappa shape index (κ3) is 3.30. The highest BCUT2D eigenvalue weighted by atomic mass is 16.5. The Kier molecular flexibility index (Phi) is 4.89. The highest BCUT2D eigenvalue weighted by Crippen LogP contribution is 2.30. The first-order valence-electron chi connectivity index (χ1n) is 8.19. The lowest BCUT2D eigenvalue weighted by molar-refractivity contribution is 0.0943. The van der Waals surface area contributed by atoms with Crippen molar-refractivity contribution < 1.29 is 14.3 Å². The van der Waals surface area contributed by atoms with Crippen LogP contribution in [0.2, 0.25) is 0 Å². The maximum atomic E-state index is 12.5. The molecule has 1 fully saturated rings. The molecule has 134 valence electrons. The van der Waals surface area contributed by atoms with E-state index in [0.717, 1.165) is 19.4 Å². The van der Waals surface area contributed by atoms with Crippen LogP contribution in [0.4, 0.5) is 0 Å². The van der Waals surface area contributed by atoms with Crippen molar-refractivity contribution in [3.63, 3.8) is 0 Å². The smallest absolute Gasteiger partial charge is 0.282 e. The number of rotatable bonds is 5. The summed E-state index contributed by atoms with van der Waals surface area (Å²) in [4.78, 5) is 29.2. The van der Waals surface area contributed by atoms with Gasteiger partial charge in [0.05, 0.1) is 25.3 Å². The van der Waals surface area contributed by atoms with E-state index in [-0.39, 0.29) is 11.7 Å². The average molecular weight is 346 g/mol. The molecule has 1 aliphatic rings. The van der Waals surface area contributed by atoms with Crippen LogP contribution in [-0.4, -0.2) is 48.8 Å². The van der Waals surface area contributed by atoms with E-state index in [0.29, 0.717) is 29.1 Å². The molecule has 2 aromatic rings. The number of aromatic nitrogens is 2. The quantitative estimate of drug-likeness (QED) is 0.815. The molecule has 2 heterocycles. The van der Waals surface area contributed by atoms with Gasteiger partial charge in [0, 0.05) is 31.8 Å². The van der Waals surface area contributed by atoms with E-state index < -0.39 is 11.5 Å². The molecule has 0 saturated carbocycles. The normalized spacial score (nSPS) is 16.8. The lowest BCUT2D eigenvalue weighted by Crippen LogP contribution is -2.40. The molecule has 0 bridgehead atoms. The molecule has 1 aliphatic heterocycles. The molecule has 1 atom stereocenters. The zero-order chi connectivity index (χ0) is 18.0. The Morgan fingerprint density at radius 1 is 1.36 bits per heavy atom. The highest BCUT2D eigenvalue weighted by molar-refractivity contribution is 5.94. The summed E-state index contributed by atoms with van der Waals surface area (Å²) in [5, 5.41) is 6.09. The van der Waals surface area contributed by atoms with Gasteiger partial charge < -0.3 is 24.7 Å².